The normalized spacial score (nSPS) is 11.0. The van der Waals surface area contributed by atoms with Crippen LogP contribution in [0.1, 0.15) is 10.4 Å². The number of nitrogens with one attached hydrogen (secondary N) is 3. The number of hydrogen-bond donors (Lipinski definition) is 3. The highest BCUT2D eigenvalue weighted by atomic mass is 32.2. The molecule has 1 heterocycles. The molecule has 0 spiro atoms. The summed E-state index contributed by atoms with van der Waals surface area (Å²) in [4.78, 5) is 15.7. The Balaban J connectivity index is 2.61. The number of pyridine rings is 1. The number of carbonyl (C=O) groups excluding carboxylic acids is 1. The van der Waals surface area contributed by atoms with E-state index in [1.165, 1.54) is 19.4 Å². The SMILES string of the molecule is CNc1cnccc1C(=O)NCCS(=O)(=O)NC. The van der Waals surface area contributed by atoms with Crippen LogP contribution in [0.3, 0.4) is 0 Å². The van der Waals surface area contributed by atoms with Crippen molar-refractivity contribution in [2.75, 3.05) is 31.7 Å². The zero-order valence-corrected chi connectivity index (χ0v) is 11.0. The number of amides is 1. The third-order valence-electron chi connectivity index (χ3n) is 2.30. The van der Waals surface area contributed by atoms with Crippen molar-refractivity contribution < 1.29 is 13.2 Å². The second-order valence-corrected chi connectivity index (χ2v) is 5.50. The van der Waals surface area contributed by atoms with Gasteiger partial charge in [-0.2, -0.15) is 0 Å². The predicted molar refractivity (Wildman–Crippen MR) is 69.0 cm³/mol. The van der Waals surface area contributed by atoms with Crippen molar-refractivity contribution in [1.82, 2.24) is 15.0 Å². The number of nitrogens with zero attached hydrogens (tertiary/aromatic N) is 1. The van der Waals surface area contributed by atoms with Crippen LogP contribution in [-0.4, -0.2) is 45.7 Å². The van der Waals surface area contributed by atoms with Crippen molar-refractivity contribution in [2.24, 2.45) is 0 Å². The van der Waals surface area contributed by atoms with Crippen LogP contribution in [0, 0.1) is 0 Å². The van der Waals surface area contributed by atoms with Gasteiger partial charge >= 0.3 is 0 Å². The Morgan fingerprint density at radius 2 is 2.11 bits per heavy atom. The average Bonchev–Trinajstić information content (AvgIpc) is 2.38. The zero-order valence-electron chi connectivity index (χ0n) is 10.2. The highest BCUT2D eigenvalue weighted by molar-refractivity contribution is 7.89. The molecule has 0 aliphatic heterocycles. The molecule has 100 valence electrons. The molecule has 0 unspecified atom stereocenters. The molecule has 0 radical (unpaired) electrons. The van der Waals surface area contributed by atoms with Gasteiger partial charge in [0.1, 0.15) is 0 Å². The molecule has 18 heavy (non-hydrogen) atoms. The minimum atomic E-state index is -3.31. The predicted octanol–water partition coefficient (Wildman–Crippen LogP) is -0.598. The summed E-state index contributed by atoms with van der Waals surface area (Å²) in [6.07, 6.45) is 3.03. The molecule has 1 aromatic rings. The molecule has 8 heteroatoms. The molecular weight excluding hydrogens is 256 g/mol. The van der Waals surface area contributed by atoms with Crippen molar-refractivity contribution in [3.63, 3.8) is 0 Å². The number of carbonyl (C=O) groups is 1. The smallest absolute Gasteiger partial charge is 0.253 e. The number of hydrogen-bond acceptors (Lipinski definition) is 5. The summed E-state index contributed by atoms with van der Waals surface area (Å²) in [7, 11) is -0.293. The fourth-order valence-corrected chi connectivity index (χ4v) is 1.86. The first-order valence-electron chi connectivity index (χ1n) is 5.31. The minimum Gasteiger partial charge on any atom is -0.386 e. The summed E-state index contributed by atoms with van der Waals surface area (Å²) in [5.74, 6) is -0.497. The first-order chi connectivity index (χ1) is 8.50. The van der Waals surface area contributed by atoms with Gasteiger partial charge in [0.15, 0.2) is 0 Å². The fourth-order valence-electron chi connectivity index (χ4n) is 1.29. The third-order valence-corrected chi connectivity index (χ3v) is 3.67. The van der Waals surface area contributed by atoms with Gasteiger partial charge in [-0.3, -0.25) is 9.78 Å². The van der Waals surface area contributed by atoms with Crippen molar-refractivity contribution in [3.05, 3.63) is 24.0 Å². The van der Waals surface area contributed by atoms with E-state index >= 15 is 0 Å². The van der Waals surface area contributed by atoms with Crippen molar-refractivity contribution >= 4 is 21.6 Å². The molecule has 0 bridgehead atoms. The van der Waals surface area contributed by atoms with Crippen molar-refractivity contribution in [3.8, 4) is 0 Å². The molecule has 0 atom stereocenters. The van der Waals surface area contributed by atoms with Gasteiger partial charge in [-0.1, -0.05) is 0 Å². The van der Waals surface area contributed by atoms with E-state index in [2.05, 4.69) is 20.3 Å². The van der Waals surface area contributed by atoms with Crippen molar-refractivity contribution in [1.29, 1.82) is 0 Å². The lowest BCUT2D eigenvalue weighted by molar-refractivity contribution is 0.0957. The number of aromatic nitrogens is 1. The summed E-state index contributed by atoms with van der Waals surface area (Å²) >= 11 is 0. The van der Waals surface area contributed by atoms with Crippen LogP contribution in [0.15, 0.2) is 18.5 Å². The Labute approximate surface area is 106 Å². The Bertz CT molecular complexity index is 516. The third kappa shape index (κ3) is 3.97. The van der Waals surface area contributed by atoms with E-state index in [4.69, 9.17) is 0 Å². The van der Waals surface area contributed by atoms with Gasteiger partial charge in [-0.15, -0.1) is 0 Å². The second-order valence-electron chi connectivity index (χ2n) is 3.45. The first kappa shape index (κ1) is 14.4. The van der Waals surface area contributed by atoms with Crippen LogP contribution in [0.2, 0.25) is 0 Å². The van der Waals surface area contributed by atoms with E-state index in [1.54, 1.807) is 13.1 Å². The van der Waals surface area contributed by atoms with E-state index in [0.717, 1.165) is 0 Å². The quantitative estimate of drug-likeness (QED) is 0.642. The molecule has 0 aliphatic carbocycles. The van der Waals surface area contributed by atoms with Gasteiger partial charge in [0, 0.05) is 19.8 Å². The van der Waals surface area contributed by atoms with Crippen LogP contribution < -0.4 is 15.4 Å². The topological polar surface area (TPSA) is 100 Å². The lowest BCUT2D eigenvalue weighted by Gasteiger charge is -2.09. The molecule has 1 aromatic heterocycles. The Hall–Kier alpha value is -1.67. The molecule has 7 nitrogen and oxygen atoms in total. The maximum Gasteiger partial charge on any atom is 0.253 e. The first-order valence-corrected chi connectivity index (χ1v) is 6.96. The summed E-state index contributed by atoms with van der Waals surface area (Å²) in [5, 5.41) is 5.38. The molecule has 3 N–H and O–H groups in total. The molecule has 1 rings (SSSR count). The van der Waals surface area contributed by atoms with Gasteiger partial charge in [0.2, 0.25) is 10.0 Å². The standard InChI is InChI=1S/C10H16N4O3S/c1-11-9-7-13-4-3-8(9)10(15)14-5-6-18(16,17)12-2/h3-4,7,11-12H,5-6H2,1-2H3,(H,14,15). The summed E-state index contributed by atoms with van der Waals surface area (Å²) in [6, 6.07) is 1.56. The van der Waals surface area contributed by atoms with Gasteiger partial charge in [-0.25, -0.2) is 13.1 Å². The van der Waals surface area contributed by atoms with E-state index < -0.39 is 10.0 Å². The Morgan fingerprint density at radius 1 is 1.39 bits per heavy atom. The molecule has 0 aliphatic rings. The van der Waals surface area contributed by atoms with Crippen LogP contribution in [0.4, 0.5) is 5.69 Å². The van der Waals surface area contributed by atoms with E-state index in [-0.39, 0.29) is 18.2 Å². The Kier molecular flexibility index (Phi) is 5.05. The molecular formula is C10H16N4O3S. The molecule has 0 aromatic carbocycles. The Morgan fingerprint density at radius 3 is 2.72 bits per heavy atom. The molecule has 0 saturated carbocycles. The van der Waals surface area contributed by atoms with E-state index in [0.29, 0.717) is 11.3 Å². The maximum absolute atomic E-state index is 11.8. The van der Waals surface area contributed by atoms with Crippen LogP contribution in [0.25, 0.3) is 0 Å². The largest absolute Gasteiger partial charge is 0.386 e. The lowest BCUT2D eigenvalue weighted by Crippen LogP contribution is -2.33. The summed E-state index contributed by atoms with van der Waals surface area (Å²) in [5.41, 5.74) is 1.01. The average molecular weight is 272 g/mol. The van der Waals surface area contributed by atoms with E-state index in [9.17, 15) is 13.2 Å². The van der Waals surface area contributed by atoms with Crippen molar-refractivity contribution in [2.45, 2.75) is 0 Å². The number of anilines is 1. The van der Waals surface area contributed by atoms with Crippen LogP contribution in [0.5, 0.6) is 0 Å². The summed E-state index contributed by atoms with van der Waals surface area (Å²) < 4.78 is 24.5. The zero-order chi connectivity index (χ0) is 13.6. The van der Waals surface area contributed by atoms with Crippen LogP contribution in [-0.2, 0) is 10.0 Å². The molecule has 1 amide bonds. The van der Waals surface area contributed by atoms with Gasteiger partial charge < -0.3 is 10.6 Å². The highest BCUT2D eigenvalue weighted by Gasteiger charge is 2.12. The van der Waals surface area contributed by atoms with Gasteiger partial charge in [0.25, 0.3) is 5.91 Å². The van der Waals surface area contributed by atoms with E-state index in [1.807, 2.05) is 0 Å². The molecule has 0 saturated heterocycles. The lowest BCUT2D eigenvalue weighted by atomic mass is 10.2. The second kappa shape index (κ2) is 6.31. The number of rotatable bonds is 6. The minimum absolute atomic E-state index is 0.0491. The fraction of sp³-hybridized carbons (Fsp3) is 0.400. The highest BCUT2D eigenvalue weighted by Crippen LogP contribution is 2.11. The number of sulfonamides is 1. The van der Waals surface area contributed by atoms with Gasteiger partial charge in [0.05, 0.1) is 23.2 Å². The monoisotopic (exact) mass is 272 g/mol. The van der Waals surface area contributed by atoms with Gasteiger partial charge in [-0.05, 0) is 13.1 Å². The van der Waals surface area contributed by atoms with Crippen LogP contribution >= 0.6 is 0 Å². The maximum atomic E-state index is 11.8. The molecule has 0 fully saturated rings. The summed E-state index contributed by atoms with van der Waals surface area (Å²) in [6.45, 7) is 0.0491.